The lowest BCUT2D eigenvalue weighted by molar-refractivity contribution is -0.134. The van der Waals surface area contributed by atoms with Crippen molar-refractivity contribution in [1.29, 1.82) is 0 Å². The van der Waals surface area contributed by atoms with E-state index >= 15 is 0 Å². The number of hydrogen-bond donors (Lipinski definition) is 2. The van der Waals surface area contributed by atoms with E-state index in [0.29, 0.717) is 0 Å². The Morgan fingerprint density at radius 1 is 1.50 bits per heavy atom. The number of aromatic amines is 1. The number of nitrogens with zero attached hydrogens (tertiary/aromatic N) is 1. The smallest absolute Gasteiger partial charge is 0.300 e. The summed E-state index contributed by atoms with van der Waals surface area (Å²) in [5.41, 5.74) is 2.00. The van der Waals surface area contributed by atoms with Gasteiger partial charge in [-0.25, -0.2) is 4.98 Å². The number of aryl methyl sites for hydroxylation is 1. The number of ether oxygens (including phenoxy) is 1. The maximum atomic E-state index is 9.00. The second kappa shape index (κ2) is 5.16. The normalized spacial score (nSPS) is 9.44. The highest BCUT2D eigenvalue weighted by Gasteiger charge is 1.99. The number of hydrogen-bond acceptors (Lipinski definition) is 3. The lowest BCUT2D eigenvalue weighted by Crippen LogP contribution is -1.81. The monoisotopic (exact) mass is 222 g/mol. The summed E-state index contributed by atoms with van der Waals surface area (Å²) in [7, 11) is 1.66. The van der Waals surface area contributed by atoms with Gasteiger partial charge in [-0.05, 0) is 19.1 Å². The maximum Gasteiger partial charge on any atom is 0.300 e. The van der Waals surface area contributed by atoms with E-state index in [1.807, 2.05) is 25.1 Å². The highest BCUT2D eigenvalue weighted by Crippen LogP contribution is 2.17. The molecule has 0 bridgehead atoms. The summed E-state index contributed by atoms with van der Waals surface area (Å²) >= 11 is 0. The molecule has 86 valence electrons. The Kier molecular flexibility index (Phi) is 3.88. The van der Waals surface area contributed by atoms with Gasteiger partial charge in [0.15, 0.2) is 0 Å². The van der Waals surface area contributed by atoms with Gasteiger partial charge in [0.25, 0.3) is 5.97 Å². The number of aromatic nitrogens is 2. The van der Waals surface area contributed by atoms with Crippen LogP contribution in [0.4, 0.5) is 0 Å². The van der Waals surface area contributed by atoms with E-state index in [4.69, 9.17) is 14.6 Å². The Labute approximate surface area is 93.1 Å². The van der Waals surface area contributed by atoms with E-state index in [1.165, 1.54) is 0 Å². The van der Waals surface area contributed by atoms with Gasteiger partial charge < -0.3 is 14.8 Å². The molecule has 1 aromatic carbocycles. The van der Waals surface area contributed by atoms with Crippen molar-refractivity contribution in [2.75, 3.05) is 7.11 Å². The van der Waals surface area contributed by atoms with Crippen LogP contribution in [-0.2, 0) is 4.79 Å². The van der Waals surface area contributed by atoms with Crippen LogP contribution in [0.5, 0.6) is 5.75 Å². The Morgan fingerprint density at radius 2 is 2.12 bits per heavy atom. The van der Waals surface area contributed by atoms with Gasteiger partial charge in [-0.1, -0.05) is 0 Å². The number of benzene rings is 1. The lowest BCUT2D eigenvalue weighted by atomic mass is 10.3. The minimum absolute atomic E-state index is 0.833. The van der Waals surface area contributed by atoms with Crippen LogP contribution in [0.3, 0.4) is 0 Å². The zero-order valence-electron chi connectivity index (χ0n) is 9.44. The number of H-pyrrole nitrogens is 1. The number of aliphatic carboxylic acids is 1. The molecule has 5 nitrogen and oxygen atoms in total. The topological polar surface area (TPSA) is 75.2 Å². The van der Waals surface area contributed by atoms with Gasteiger partial charge in [0.2, 0.25) is 0 Å². The van der Waals surface area contributed by atoms with Crippen molar-refractivity contribution in [3.63, 3.8) is 0 Å². The Balaban J connectivity index is 0.000000280. The van der Waals surface area contributed by atoms with Crippen molar-refractivity contribution in [2.45, 2.75) is 13.8 Å². The molecule has 0 aliphatic rings. The average Bonchev–Trinajstić information content (AvgIpc) is 2.55. The molecular formula is C11H14N2O3. The van der Waals surface area contributed by atoms with Crippen LogP contribution < -0.4 is 4.74 Å². The predicted molar refractivity (Wildman–Crippen MR) is 60.7 cm³/mol. The van der Waals surface area contributed by atoms with Crippen LogP contribution in [0.2, 0.25) is 0 Å². The fourth-order valence-corrected chi connectivity index (χ4v) is 1.24. The minimum atomic E-state index is -0.833. The van der Waals surface area contributed by atoms with Crippen molar-refractivity contribution in [2.24, 2.45) is 0 Å². The molecule has 0 aliphatic carbocycles. The fraction of sp³-hybridized carbons (Fsp3) is 0.273. The molecule has 0 unspecified atom stereocenters. The molecule has 0 saturated carbocycles. The molecule has 2 aromatic rings. The molecule has 1 aromatic heterocycles. The first-order valence-corrected chi connectivity index (χ1v) is 4.73. The molecular weight excluding hydrogens is 208 g/mol. The van der Waals surface area contributed by atoms with Gasteiger partial charge in [-0.3, -0.25) is 4.79 Å². The zero-order chi connectivity index (χ0) is 12.1. The first-order valence-electron chi connectivity index (χ1n) is 4.73. The van der Waals surface area contributed by atoms with E-state index in [0.717, 1.165) is 29.5 Å². The van der Waals surface area contributed by atoms with Crippen LogP contribution in [-0.4, -0.2) is 28.2 Å². The second-order valence-electron chi connectivity index (χ2n) is 3.22. The van der Waals surface area contributed by atoms with Gasteiger partial charge in [0.05, 0.1) is 18.1 Å². The van der Waals surface area contributed by atoms with Crippen molar-refractivity contribution >= 4 is 17.0 Å². The second-order valence-corrected chi connectivity index (χ2v) is 3.22. The number of carbonyl (C=O) groups is 1. The van der Waals surface area contributed by atoms with Crippen molar-refractivity contribution in [1.82, 2.24) is 9.97 Å². The third-order valence-electron chi connectivity index (χ3n) is 1.81. The Morgan fingerprint density at radius 3 is 2.69 bits per heavy atom. The minimum Gasteiger partial charge on any atom is -0.497 e. The number of carboxylic acids is 1. The van der Waals surface area contributed by atoms with E-state index in [-0.39, 0.29) is 0 Å². The first kappa shape index (κ1) is 12.0. The molecule has 0 aliphatic heterocycles. The molecule has 2 N–H and O–H groups in total. The first-order chi connectivity index (χ1) is 7.52. The molecule has 1 heterocycles. The van der Waals surface area contributed by atoms with E-state index in [1.54, 1.807) is 7.11 Å². The molecule has 16 heavy (non-hydrogen) atoms. The van der Waals surface area contributed by atoms with Crippen molar-refractivity contribution in [3.8, 4) is 5.75 Å². The quantitative estimate of drug-likeness (QED) is 0.773. The van der Waals surface area contributed by atoms with Gasteiger partial charge in [-0.15, -0.1) is 0 Å². The van der Waals surface area contributed by atoms with Crippen LogP contribution >= 0.6 is 0 Å². The van der Waals surface area contributed by atoms with Gasteiger partial charge in [-0.2, -0.15) is 0 Å². The van der Waals surface area contributed by atoms with Gasteiger partial charge in [0, 0.05) is 13.0 Å². The summed E-state index contributed by atoms with van der Waals surface area (Å²) in [6.45, 7) is 3.02. The molecule has 2 rings (SSSR count). The molecule has 0 amide bonds. The van der Waals surface area contributed by atoms with Crippen LogP contribution in [0.1, 0.15) is 12.7 Å². The number of carboxylic acid groups (broad SMARTS) is 1. The van der Waals surface area contributed by atoms with E-state index in [2.05, 4.69) is 9.97 Å². The summed E-state index contributed by atoms with van der Waals surface area (Å²) in [6.07, 6.45) is 0. The van der Waals surface area contributed by atoms with Crippen LogP contribution in [0.25, 0.3) is 11.0 Å². The summed E-state index contributed by atoms with van der Waals surface area (Å²) in [5.74, 6) is 0.949. The molecule has 0 spiro atoms. The molecule has 0 saturated heterocycles. The lowest BCUT2D eigenvalue weighted by Gasteiger charge is -1.96. The SMILES string of the molecule is CC(=O)O.COc1ccc2nc(C)[nH]c2c1. The maximum absolute atomic E-state index is 9.00. The molecule has 0 radical (unpaired) electrons. The van der Waals surface area contributed by atoms with Crippen molar-refractivity contribution in [3.05, 3.63) is 24.0 Å². The number of fused-ring (bicyclic) bond motifs is 1. The van der Waals surface area contributed by atoms with Gasteiger partial charge >= 0.3 is 0 Å². The van der Waals surface area contributed by atoms with Crippen LogP contribution in [0.15, 0.2) is 18.2 Å². The van der Waals surface area contributed by atoms with Crippen LogP contribution in [0, 0.1) is 6.92 Å². The summed E-state index contributed by atoms with van der Waals surface area (Å²) < 4.78 is 5.08. The molecule has 5 heteroatoms. The largest absolute Gasteiger partial charge is 0.497 e. The molecule has 0 atom stereocenters. The van der Waals surface area contributed by atoms with Gasteiger partial charge in [0.1, 0.15) is 11.6 Å². The standard InChI is InChI=1S/C9H10N2O.C2H4O2/c1-6-10-8-4-3-7(12-2)5-9(8)11-6;1-2(3)4/h3-5H,1-2H3,(H,10,11);1H3,(H,3,4). The molecule has 0 fully saturated rings. The third-order valence-corrected chi connectivity index (χ3v) is 1.81. The summed E-state index contributed by atoms with van der Waals surface area (Å²) in [4.78, 5) is 16.4. The van der Waals surface area contributed by atoms with Crippen molar-refractivity contribution < 1.29 is 14.6 Å². The fourth-order valence-electron chi connectivity index (χ4n) is 1.24. The summed E-state index contributed by atoms with van der Waals surface area (Å²) in [5, 5.41) is 7.42. The number of rotatable bonds is 1. The average molecular weight is 222 g/mol. The Hall–Kier alpha value is -2.04. The number of imidazole rings is 1. The number of methoxy groups -OCH3 is 1. The Bertz CT molecular complexity index is 487. The summed E-state index contributed by atoms with van der Waals surface area (Å²) in [6, 6.07) is 5.79. The highest BCUT2D eigenvalue weighted by molar-refractivity contribution is 5.76. The zero-order valence-corrected chi connectivity index (χ0v) is 9.44. The third kappa shape index (κ3) is 3.27. The number of nitrogens with one attached hydrogen (secondary N) is 1. The van der Waals surface area contributed by atoms with E-state index in [9.17, 15) is 0 Å². The highest BCUT2D eigenvalue weighted by atomic mass is 16.5. The predicted octanol–water partition coefficient (Wildman–Crippen LogP) is 1.97. The van der Waals surface area contributed by atoms with E-state index < -0.39 is 5.97 Å².